The first-order chi connectivity index (χ1) is 9.61. The number of hydrogen-bond acceptors (Lipinski definition) is 3. The highest BCUT2D eigenvalue weighted by molar-refractivity contribution is 5.32. The Hall–Kier alpha value is -2.12. The van der Waals surface area contributed by atoms with Gasteiger partial charge in [0, 0.05) is 24.8 Å². The third kappa shape index (κ3) is 3.25. The maximum Gasteiger partial charge on any atom is 0.0991 e. The van der Waals surface area contributed by atoms with Gasteiger partial charge in [-0.3, -0.25) is 0 Å². The molecule has 0 aliphatic heterocycles. The van der Waals surface area contributed by atoms with Crippen LogP contribution in [0, 0.1) is 11.3 Å². The average Bonchev–Trinajstić information content (AvgIpc) is 2.93. The molecule has 104 valence electrons. The van der Waals surface area contributed by atoms with E-state index >= 15 is 0 Å². The third-order valence-corrected chi connectivity index (χ3v) is 3.43. The number of imidazole rings is 1. The van der Waals surface area contributed by atoms with E-state index in [-0.39, 0.29) is 6.04 Å². The van der Waals surface area contributed by atoms with E-state index in [2.05, 4.69) is 41.7 Å². The number of nitrogens with zero attached hydrogens (tertiary/aromatic N) is 3. The minimum Gasteiger partial charge on any atom is -0.331 e. The van der Waals surface area contributed by atoms with Gasteiger partial charge in [-0.15, -0.1) is 0 Å². The van der Waals surface area contributed by atoms with Crippen LogP contribution in [-0.2, 0) is 6.54 Å². The van der Waals surface area contributed by atoms with Gasteiger partial charge in [0.25, 0.3) is 0 Å². The van der Waals surface area contributed by atoms with Crippen molar-refractivity contribution in [3.05, 3.63) is 53.6 Å². The van der Waals surface area contributed by atoms with Gasteiger partial charge in [-0.25, -0.2) is 4.98 Å². The van der Waals surface area contributed by atoms with Crippen molar-refractivity contribution in [2.75, 3.05) is 0 Å². The molecule has 0 saturated heterocycles. The first-order valence-electron chi connectivity index (χ1n) is 6.86. The van der Waals surface area contributed by atoms with E-state index in [4.69, 9.17) is 5.26 Å². The normalized spacial score (nSPS) is 12.3. The minimum absolute atomic E-state index is 0.234. The van der Waals surface area contributed by atoms with Crippen molar-refractivity contribution in [2.24, 2.45) is 0 Å². The van der Waals surface area contributed by atoms with Crippen LogP contribution in [0.1, 0.15) is 49.7 Å². The van der Waals surface area contributed by atoms with Crippen molar-refractivity contribution >= 4 is 0 Å². The molecule has 1 unspecified atom stereocenters. The molecule has 1 aromatic heterocycles. The lowest BCUT2D eigenvalue weighted by Gasteiger charge is -2.16. The lowest BCUT2D eigenvalue weighted by Crippen LogP contribution is -2.20. The zero-order chi connectivity index (χ0) is 14.5. The van der Waals surface area contributed by atoms with Crippen LogP contribution in [-0.4, -0.2) is 9.55 Å². The van der Waals surface area contributed by atoms with Crippen molar-refractivity contribution in [1.29, 1.82) is 5.26 Å². The van der Waals surface area contributed by atoms with Gasteiger partial charge in [0.15, 0.2) is 0 Å². The van der Waals surface area contributed by atoms with Crippen LogP contribution < -0.4 is 5.32 Å². The molecular formula is C16H20N4. The lowest BCUT2D eigenvalue weighted by molar-refractivity contribution is 0.518. The Morgan fingerprint density at radius 2 is 1.95 bits per heavy atom. The molecule has 4 heteroatoms. The Balaban J connectivity index is 1.99. The summed E-state index contributed by atoms with van der Waals surface area (Å²) in [6, 6.07) is 10.5. The van der Waals surface area contributed by atoms with Crippen LogP contribution in [0.2, 0.25) is 0 Å². The van der Waals surface area contributed by atoms with Gasteiger partial charge >= 0.3 is 0 Å². The molecule has 2 aromatic rings. The standard InChI is InChI=1S/C16H20N4/c1-12(2)20-11-18-9-16(20)10-19-13(3)15-6-4-14(8-17)5-7-15/h4-7,9,11-13,19H,10H2,1-3H3. The fourth-order valence-electron chi connectivity index (χ4n) is 2.16. The Morgan fingerprint density at radius 1 is 1.25 bits per heavy atom. The van der Waals surface area contributed by atoms with Gasteiger partial charge in [0.05, 0.1) is 23.7 Å². The van der Waals surface area contributed by atoms with Crippen LogP contribution >= 0.6 is 0 Å². The highest BCUT2D eigenvalue weighted by Crippen LogP contribution is 2.15. The summed E-state index contributed by atoms with van der Waals surface area (Å²) in [7, 11) is 0. The first-order valence-corrected chi connectivity index (χ1v) is 6.86. The van der Waals surface area contributed by atoms with Crippen LogP contribution in [0.15, 0.2) is 36.8 Å². The zero-order valence-electron chi connectivity index (χ0n) is 12.2. The van der Waals surface area contributed by atoms with E-state index in [0.717, 1.165) is 6.54 Å². The summed E-state index contributed by atoms with van der Waals surface area (Å²) in [6.45, 7) is 7.20. The van der Waals surface area contributed by atoms with Gasteiger partial charge in [-0.1, -0.05) is 12.1 Å². The third-order valence-electron chi connectivity index (χ3n) is 3.43. The molecule has 0 spiro atoms. The fraction of sp³-hybridized carbons (Fsp3) is 0.375. The highest BCUT2D eigenvalue weighted by atomic mass is 15.1. The molecule has 0 saturated carbocycles. The summed E-state index contributed by atoms with van der Waals surface area (Å²) < 4.78 is 2.17. The summed E-state index contributed by atoms with van der Waals surface area (Å²) in [6.07, 6.45) is 3.77. The Labute approximate surface area is 120 Å². The summed E-state index contributed by atoms with van der Waals surface area (Å²) in [5.74, 6) is 0. The lowest BCUT2D eigenvalue weighted by atomic mass is 10.1. The number of rotatable bonds is 5. The van der Waals surface area contributed by atoms with Gasteiger partial charge < -0.3 is 9.88 Å². The monoisotopic (exact) mass is 268 g/mol. The summed E-state index contributed by atoms with van der Waals surface area (Å²) >= 11 is 0. The molecule has 0 amide bonds. The molecule has 2 rings (SSSR count). The first kappa shape index (κ1) is 14.3. The molecular weight excluding hydrogens is 248 g/mol. The Kier molecular flexibility index (Phi) is 4.54. The van der Waals surface area contributed by atoms with Crippen LogP contribution in [0.5, 0.6) is 0 Å². The topological polar surface area (TPSA) is 53.6 Å². The van der Waals surface area contributed by atoms with E-state index in [1.165, 1.54) is 11.3 Å². The quantitative estimate of drug-likeness (QED) is 0.906. The largest absolute Gasteiger partial charge is 0.331 e. The Bertz CT molecular complexity index is 590. The van der Waals surface area contributed by atoms with Gasteiger partial charge in [-0.05, 0) is 38.5 Å². The second-order valence-corrected chi connectivity index (χ2v) is 5.22. The molecule has 20 heavy (non-hydrogen) atoms. The summed E-state index contributed by atoms with van der Waals surface area (Å²) in [5, 5.41) is 12.3. The molecule has 1 atom stereocenters. The number of nitriles is 1. The number of hydrogen-bond donors (Lipinski definition) is 1. The minimum atomic E-state index is 0.234. The summed E-state index contributed by atoms with van der Waals surface area (Å²) in [5.41, 5.74) is 3.05. The van der Waals surface area contributed by atoms with Gasteiger partial charge in [-0.2, -0.15) is 5.26 Å². The highest BCUT2D eigenvalue weighted by Gasteiger charge is 2.08. The van der Waals surface area contributed by atoms with Gasteiger partial charge in [0.2, 0.25) is 0 Å². The maximum atomic E-state index is 8.80. The van der Waals surface area contributed by atoms with E-state index in [0.29, 0.717) is 11.6 Å². The van der Waals surface area contributed by atoms with Crippen molar-refractivity contribution in [3.8, 4) is 6.07 Å². The molecule has 4 nitrogen and oxygen atoms in total. The molecule has 0 aliphatic rings. The molecule has 0 aliphatic carbocycles. The van der Waals surface area contributed by atoms with E-state index in [9.17, 15) is 0 Å². The second-order valence-electron chi connectivity index (χ2n) is 5.22. The predicted molar refractivity (Wildman–Crippen MR) is 79.0 cm³/mol. The van der Waals surface area contributed by atoms with Crippen LogP contribution in [0.4, 0.5) is 0 Å². The van der Waals surface area contributed by atoms with E-state index in [1.54, 1.807) is 0 Å². The van der Waals surface area contributed by atoms with Crippen molar-refractivity contribution < 1.29 is 0 Å². The molecule has 0 bridgehead atoms. The SMILES string of the molecule is CC(NCc1cncn1C(C)C)c1ccc(C#N)cc1. The Morgan fingerprint density at radius 3 is 2.55 bits per heavy atom. The van der Waals surface area contributed by atoms with E-state index < -0.39 is 0 Å². The fourth-order valence-corrected chi connectivity index (χ4v) is 2.16. The van der Waals surface area contributed by atoms with Crippen LogP contribution in [0.3, 0.4) is 0 Å². The van der Waals surface area contributed by atoms with Crippen molar-refractivity contribution in [1.82, 2.24) is 14.9 Å². The molecule has 0 fully saturated rings. The molecule has 1 N–H and O–H groups in total. The molecule has 1 heterocycles. The number of nitrogens with one attached hydrogen (secondary N) is 1. The molecule has 0 radical (unpaired) electrons. The summed E-state index contributed by atoms with van der Waals surface area (Å²) in [4.78, 5) is 4.20. The smallest absolute Gasteiger partial charge is 0.0991 e. The number of benzene rings is 1. The van der Waals surface area contributed by atoms with Crippen LogP contribution in [0.25, 0.3) is 0 Å². The van der Waals surface area contributed by atoms with E-state index in [1.807, 2.05) is 36.8 Å². The van der Waals surface area contributed by atoms with Gasteiger partial charge in [0.1, 0.15) is 0 Å². The average molecular weight is 268 g/mol. The zero-order valence-corrected chi connectivity index (χ0v) is 12.2. The van der Waals surface area contributed by atoms with Crippen molar-refractivity contribution in [2.45, 2.75) is 39.4 Å². The molecule has 1 aromatic carbocycles. The predicted octanol–water partition coefficient (Wildman–Crippen LogP) is 3.19. The second kappa shape index (κ2) is 6.36. The maximum absolute atomic E-state index is 8.80. The van der Waals surface area contributed by atoms with Crippen molar-refractivity contribution in [3.63, 3.8) is 0 Å². The number of aromatic nitrogens is 2.